The van der Waals surface area contributed by atoms with Crippen molar-refractivity contribution in [2.75, 3.05) is 0 Å². The Bertz CT molecular complexity index is 829. The Hall–Kier alpha value is -2.55. The molecule has 2 N–H and O–H groups in total. The van der Waals surface area contributed by atoms with E-state index in [4.69, 9.17) is 10.5 Å². The summed E-state index contributed by atoms with van der Waals surface area (Å²) in [6, 6.07) is 10.2. The van der Waals surface area contributed by atoms with Crippen molar-refractivity contribution in [3.05, 3.63) is 59.7 Å². The maximum absolute atomic E-state index is 12.4. The van der Waals surface area contributed by atoms with Crippen LogP contribution in [-0.4, -0.2) is 19.8 Å². The zero-order valence-electron chi connectivity index (χ0n) is 12.1. The quantitative estimate of drug-likeness (QED) is 0.889. The summed E-state index contributed by atoms with van der Waals surface area (Å²) >= 11 is 0. The number of rotatable bonds is 5. The fraction of sp³-hybridized carbons (Fsp3) is 0.133. The molecule has 5 nitrogen and oxygen atoms in total. The molecule has 0 saturated heterocycles. The van der Waals surface area contributed by atoms with Gasteiger partial charge in [-0.1, -0.05) is 12.1 Å². The van der Waals surface area contributed by atoms with E-state index in [1.54, 1.807) is 0 Å². The van der Waals surface area contributed by atoms with Crippen LogP contribution in [0, 0.1) is 0 Å². The first-order valence-electron chi connectivity index (χ1n) is 6.54. The van der Waals surface area contributed by atoms with Crippen molar-refractivity contribution in [1.29, 1.82) is 0 Å². The van der Waals surface area contributed by atoms with Gasteiger partial charge in [-0.15, -0.1) is 0 Å². The fourth-order valence-corrected chi connectivity index (χ4v) is 2.54. The molecule has 0 spiro atoms. The van der Waals surface area contributed by atoms with Crippen LogP contribution >= 0.6 is 0 Å². The van der Waals surface area contributed by atoms with Gasteiger partial charge in [0.1, 0.15) is 12.4 Å². The van der Waals surface area contributed by atoms with Crippen LogP contribution in [0.1, 0.15) is 15.9 Å². The lowest BCUT2D eigenvalue weighted by atomic mass is 10.2. The molecule has 0 aromatic heterocycles. The Balaban J connectivity index is 2.06. The lowest BCUT2D eigenvalue weighted by Gasteiger charge is -2.10. The van der Waals surface area contributed by atoms with E-state index < -0.39 is 26.1 Å². The standard InChI is InChI=1S/C15H12F3NO4S/c16-15(17,18)24(21,22)13-7-1-10(2-8-13)9-23-12-5-3-11(4-6-12)14(19)20/h1-8H,9H2,(H2,19,20). The monoisotopic (exact) mass is 359 g/mol. The van der Waals surface area contributed by atoms with E-state index in [0.717, 1.165) is 12.1 Å². The Kier molecular flexibility index (Phi) is 4.83. The highest BCUT2D eigenvalue weighted by Crippen LogP contribution is 2.30. The normalized spacial score (nSPS) is 12.0. The Labute approximate surface area is 135 Å². The van der Waals surface area contributed by atoms with Crippen molar-refractivity contribution >= 4 is 15.7 Å². The van der Waals surface area contributed by atoms with Gasteiger partial charge in [-0.2, -0.15) is 13.2 Å². The predicted octanol–water partition coefficient (Wildman–Crippen LogP) is 2.66. The molecule has 0 bridgehead atoms. The summed E-state index contributed by atoms with van der Waals surface area (Å²) < 4.78 is 65.2. The number of hydrogen-bond donors (Lipinski definition) is 1. The summed E-state index contributed by atoms with van der Waals surface area (Å²) in [5, 5.41) is 0. The summed E-state index contributed by atoms with van der Waals surface area (Å²) in [6.45, 7) is 0.0161. The summed E-state index contributed by atoms with van der Waals surface area (Å²) in [5.74, 6) is -0.157. The maximum Gasteiger partial charge on any atom is 0.501 e. The molecule has 0 atom stereocenters. The van der Waals surface area contributed by atoms with E-state index in [1.807, 2.05) is 0 Å². The second-order valence-corrected chi connectivity index (χ2v) is 6.71. The van der Waals surface area contributed by atoms with E-state index in [2.05, 4.69) is 0 Å². The summed E-state index contributed by atoms with van der Waals surface area (Å²) in [7, 11) is -5.36. The van der Waals surface area contributed by atoms with E-state index in [0.29, 0.717) is 16.9 Å². The van der Waals surface area contributed by atoms with Crippen LogP contribution in [0.3, 0.4) is 0 Å². The van der Waals surface area contributed by atoms with Crippen LogP contribution in [0.2, 0.25) is 0 Å². The predicted molar refractivity (Wildman–Crippen MR) is 79.0 cm³/mol. The molecular formula is C15H12F3NO4S. The third-order valence-corrected chi connectivity index (χ3v) is 4.58. The Morgan fingerprint density at radius 3 is 2.00 bits per heavy atom. The highest BCUT2D eigenvalue weighted by molar-refractivity contribution is 7.92. The summed E-state index contributed by atoms with van der Waals surface area (Å²) in [6.07, 6.45) is 0. The number of hydrogen-bond acceptors (Lipinski definition) is 4. The molecule has 2 aromatic carbocycles. The molecule has 0 aliphatic heterocycles. The van der Waals surface area contributed by atoms with Gasteiger partial charge in [0.05, 0.1) is 4.90 Å². The first-order chi connectivity index (χ1) is 11.1. The van der Waals surface area contributed by atoms with Crippen molar-refractivity contribution in [3.63, 3.8) is 0 Å². The van der Waals surface area contributed by atoms with Gasteiger partial charge in [-0.25, -0.2) is 8.42 Å². The second kappa shape index (κ2) is 6.52. The molecule has 9 heteroatoms. The van der Waals surface area contributed by atoms with Gasteiger partial charge < -0.3 is 10.5 Å². The molecule has 2 aromatic rings. The lowest BCUT2D eigenvalue weighted by Crippen LogP contribution is -2.23. The third-order valence-electron chi connectivity index (χ3n) is 3.08. The number of carbonyl (C=O) groups is 1. The molecule has 0 unspecified atom stereocenters. The number of sulfone groups is 1. The third kappa shape index (κ3) is 3.85. The number of primary amides is 1. The summed E-state index contributed by atoms with van der Waals surface area (Å²) in [4.78, 5) is 10.1. The number of halogens is 3. The van der Waals surface area contributed by atoms with Gasteiger partial charge in [0.15, 0.2) is 0 Å². The molecular weight excluding hydrogens is 347 g/mol. The SMILES string of the molecule is NC(=O)c1ccc(OCc2ccc(S(=O)(=O)C(F)(F)F)cc2)cc1. The molecule has 0 saturated carbocycles. The number of nitrogens with two attached hydrogens (primary N) is 1. The van der Waals surface area contributed by atoms with Gasteiger partial charge in [-0.05, 0) is 42.0 Å². The molecule has 24 heavy (non-hydrogen) atoms. The smallest absolute Gasteiger partial charge is 0.489 e. The Morgan fingerprint density at radius 1 is 1.00 bits per heavy atom. The van der Waals surface area contributed by atoms with E-state index in [-0.39, 0.29) is 6.61 Å². The maximum atomic E-state index is 12.4. The van der Waals surface area contributed by atoms with Crippen molar-refractivity contribution in [2.24, 2.45) is 5.73 Å². The zero-order chi connectivity index (χ0) is 18.0. The minimum atomic E-state index is -5.36. The highest BCUT2D eigenvalue weighted by Gasteiger charge is 2.46. The van der Waals surface area contributed by atoms with Crippen molar-refractivity contribution < 1.29 is 31.1 Å². The average molecular weight is 359 g/mol. The van der Waals surface area contributed by atoms with Crippen LogP contribution in [0.15, 0.2) is 53.4 Å². The summed E-state index contributed by atoms with van der Waals surface area (Å²) in [5.41, 5.74) is 0.551. The van der Waals surface area contributed by atoms with Crippen molar-refractivity contribution in [1.82, 2.24) is 0 Å². The number of alkyl halides is 3. The van der Waals surface area contributed by atoms with Gasteiger partial charge in [-0.3, -0.25) is 4.79 Å². The number of benzene rings is 2. The molecule has 1 amide bonds. The second-order valence-electron chi connectivity index (χ2n) is 4.77. The Morgan fingerprint density at radius 2 is 1.54 bits per heavy atom. The highest BCUT2D eigenvalue weighted by atomic mass is 32.2. The lowest BCUT2D eigenvalue weighted by molar-refractivity contribution is -0.0436. The minimum Gasteiger partial charge on any atom is -0.489 e. The van der Waals surface area contributed by atoms with Gasteiger partial charge >= 0.3 is 5.51 Å². The van der Waals surface area contributed by atoms with Crippen LogP contribution in [0.25, 0.3) is 0 Å². The van der Waals surface area contributed by atoms with E-state index >= 15 is 0 Å². The molecule has 128 valence electrons. The van der Waals surface area contributed by atoms with Gasteiger partial charge in [0.2, 0.25) is 5.91 Å². The number of carbonyl (C=O) groups excluding carboxylic acids is 1. The molecule has 0 radical (unpaired) electrons. The number of amides is 1. The fourth-order valence-electron chi connectivity index (χ4n) is 1.78. The van der Waals surface area contributed by atoms with Crippen molar-refractivity contribution in [3.8, 4) is 5.75 Å². The zero-order valence-corrected chi connectivity index (χ0v) is 12.9. The van der Waals surface area contributed by atoms with Crippen LogP contribution in [0.4, 0.5) is 13.2 Å². The largest absolute Gasteiger partial charge is 0.501 e. The topological polar surface area (TPSA) is 86.5 Å². The first-order valence-corrected chi connectivity index (χ1v) is 8.02. The molecule has 0 heterocycles. The van der Waals surface area contributed by atoms with Crippen LogP contribution in [0.5, 0.6) is 5.75 Å². The number of ether oxygens (including phenoxy) is 1. The first kappa shape index (κ1) is 17.8. The molecule has 0 aliphatic carbocycles. The van der Waals surface area contributed by atoms with Gasteiger partial charge in [0.25, 0.3) is 9.84 Å². The molecule has 0 aliphatic rings. The van der Waals surface area contributed by atoms with E-state index in [9.17, 15) is 26.4 Å². The molecule has 0 fully saturated rings. The molecule has 2 rings (SSSR count). The minimum absolute atomic E-state index is 0.0161. The van der Waals surface area contributed by atoms with Gasteiger partial charge in [0, 0.05) is 5.56 Å². The van der Waals surface area contributed by atoms with Crippen LogP contribution in [-0.2, 0) is 16.4 Å². The van der Waals surface area contributed by atoms with Crippen LogP contribution < -0.4 is 10.5 Å². The van der Waals surface area contributed by atoms with Crippen molar-refractivity contribution in [2.45, 2.75) is 17.0 Å². The average Bonchev–Trinajstić information content (AvgIpc) is 2.52. The van der Waals surface area contributed by atoms with E-state index in [1.165, 1.54) is 36.4 Å².